The van der Waals surface area contributed by atoms with E-state index >= 15 is 0 Å². The molecule has 1 fully saturated rings. The highest BCUT2D eigenvalue weighted by atomic mass is 16.4. The van der Waals surface area contributed by atoms with Gasteiger partial charge in [-0.1, -0.05) is 0 Å². The number of carboxylic acid groups (broad SMARTS) is 1. The van der Waals surface area contributed by atoms with Gasteiger partial charge in [-0.25, -0.2) is 0 Å². The number of carboxylic acids is 1. The van der Waals surface area contributed by atoms with Gasteiger partial charge in [-0.3, -0.25) is 4.79 Å². The first-order valence-corrected chi connectivity index (χ1v) is 3.66. The molecule has 0 aromatic rings. The van der Waals surface area contributed by atoms with Crippen LogP contribution >= 0.6 is 0 Å². The van der Waals surface area contributed by atoms with E-state index in [0.29, 0.717) is 12.6 Å². The van der Waals surface area contributed by atoms with E-state index in [1.165, 1.54) is 0 Å². The molecule has 1 saturated heterocycles. The molecule has 3 nitrogen and oxygen atoms in total. The van der Waals surface area contributed by atoms with E-state index in [2.05, 4.69) is 12.2 Å². The van der Waals surface area contributed by atoms with Crippen LogP contribution in [0.2, 0.25) is 0 Å². The lowest BCUT2D eigenvalue weighted by Crippen LogP contribution is -2.39. The number of rotatable bonds is 1. The average Bonchev–Trinajstić information content (AvgIpc) is 1.88. The van der Waals surface area contributed by atoms with Crippen molar-refractivity contribution >= 4 is 5.97 Å². The molecule has 0 amide bonds. The third-order valence-corrected chi connectivity index (χ3v) is 2.01. The normalized spacial score (nSPS) is 33.7. The highest BCUT2D eigenvalue weighted by molar-refractivity contribution is 5.70. The van der Waals surface area contributed by atoms with E-state index in [1.807, 2.05) is 0 Å². The van der Waals surface area contributed by atoms with Crippen LogP contribution < -0.4 is 5.32 Å². The maximum Gasteiger partial charge on any atom is 0.307 e. The number of carbonyl (C=O) groups is 1. The molecule has 1 aliphatic heterocycles. The van der Waals surface area contributed by atoms with Crippen LogP contribution in [-0.2, 0) is 4.79 Å². The van der Waals surface area contributed by atoms with Gasteiger partial charge in [0.25, 0.3) is 0 Å². The van der Waals surface area contributed by atoms with Gasteiger partial charge in [0.05, 0.1) is 5.92 Å². The van der Waals surface area contributed by atoms with Crippen LogP contribution in [0.25, 0.3) is 0 Å². The topological polar surface area (TPSA) is 49.3 Å². The van der Waals surface area contributed by atoms with Gasteiger partial charge in [0.1, 0.15) is 0 Å². The van der Waals surface area contributed by atoms with Gasteiger partial charge in [0.15, 0.2) is 0 Å². The van der Waals surface area contributed by atoms with Gasteiger partial charge in [-0.2, -0.15) is 0 Å². The minimum absolute atomic E-state index is 0.156. The van der Waals surface area contributed by atoms with Crippen molar-refractivity contribution in [2.24, 2.45) is 5.92 Å². The summed E-state index contributed by atoms with van der Waals surface area (Å²) in [5.74, 6) is -0.824. The van der Waals surface area contributed by atoms with Gasteiger partial charge in [0, 0.05) is 12.6 Å². The Morgan fingerprint density at radius 1 is 1.60 bits per heavy atom. The lowest BCUT2D eigenvalue weighted by atomic mass is 9.96. The van der Waals surface area contributed by atoms with Crippen molar-refractivity contribution in [3.63, 3.8) is 0 Å². The lowest BCUT2D eigenvalue weighted by molar-refractivity contribution is -0.142. The highest BCUT2D eigenvalue weighted by Gasteiger charge is 2.22. The van der Waals surface area contributed by atoms with Gasteiger partial charge < -0.3 is 10.4 Å². The third kappa shape index (κ3) is 1.70. The summed E-state index contributed by atoms with van der Waals surface area (Å²) >= 11 is 0. The molecule has 0 aromatic carbocycles. The number of hydrogen-bond donors (Lipinski definition) is 2. The maximum atomic E-state index is 10.4. The zero-order valence-corrected chi connectivity index (χ0v) is 6.13. The van der Waals surface area contributed by atoms with Crippen LogP contribution in [0.15, 0.2) is 0 Å². The molecule has 3 heteroatoms. The first-order valence-electron chi connectivity index (χ1n) is 3.66. The number of aliphatic carboxylic acids is 1. The Morgan fingerprint density at radius 3 is 2.70 bits per heavy atom. The van der Waals surface area contributed by atoms with E-state index in [9.17, 15) is 4.79 Å². The molecule has 58 valence electrons. The summed E-state index contributed by atoms with van der Waals surface area (Å²) in [5.41, 5.74) is 0. The van der Waals surface area contributed by atoms with Crippen LogP contribution in [0.3, 0.4) is 0 Å². The van der Waals surface area contributed by atoms with Gasteiger partial charge in [-0.15, -0.1) is 0 Å². The summed E-state index contributed by atoms with van der Waals surface area (Å²) in [6.45, 7) is 2.72. The van der Waals surface area contributed by atoms with Crippen molar-refractivity contribution in [3.8, 4) is 0 Å². The summed E-state index contributed by atoms with van der Waals surface area (Å²) < 4.78 is 0. The minimum atomic E-state index is -0.667. The molecule has 1 rings (SSSR count). The third-order valence-electron chi connectivity index (χ3n) is 2.01. The SMILES string of the molecule is CC1CCC(C(=O)O)CN1. The van der Waals surface area contributed by atoms with Gasteiger partial charge in [-0.05, 0) is 19.8 Å². The van der Waals surface area contributed by atoms with Crippen LogP contribution in [0.5, 0.6) is 0 Å². The number of nitrogens with one attached hydrogen (secondary N) is 1. The molecule has 2 N–H and O–H groups in total. The zero-order valence-electron chi connectivity index (χ0n) is 6.13. The maximum absolute atomic E-state index is 10.4. The molecular weight excluding hydrogens is 130 g/mol. The Balaban J connectivity index is 2.33. The Morgan fingerprint density at radius 2 is 2.30 bits per heavy atom. The van der Waals surface area contributed by atoms with E-state index in [0.717, 1.165) is 12.8 Å². The monoisotopic (exact) mass is 143 g/mol. The Hall–Kier alpha value is -0.570. The van der Waals surface area contributed by atoms with Gasteiger partial charge in [0.2, 0.25) is 0 Å². The largest absolute Gasteiger partial charge is 0.481 e. The smallest absolute Gasteiger partial charge is 0.307 e. The number of piperidine rings is 1. The zero-order chi connectivity index (χ0) is 7.56. The van der Waals surface area contributed by atoms with Crippen LogP contribution in [-0.4, -0.2) is 23.7 Å². The van der Waals surface area contributed by atoms with Crippen molar-refractivity contribution in [1.82, 2.24) is 5.32 Å². The van der Waals surface area contributed by atoms with Crippen LogP contribution in [0, 0.1) is 5.92 Å². The fourth-order valence-corrected chi connectivity index (χ4v) is 1.21. The van der Waals surface area contributed by atoms with E-state index in [4.69, 9.17) is 5.11 Å². The van der Waals surface area contributed by atoms with Crippen molar-refractivity contribution in [1.29, 1.82) is 0 Å². The summed E-state index contributed by atoms with van der Waals surface area (Å²) in [6, 6.07) is 0.496. The van der Waals surface area contributed by atoms with Crippen molar-refractivity contribution in [2.45, 2.75) is 25.8 Å². The van der Waals surface area contributed by atoms with Crippen LogP contribution in [0.1, 0.15) is 19.8 Å². The molecule has 0 spiro atoms. The molecule has 10 heavy (non-hydrogen) atoms. The minimum Gasteiger partial charge on any atom is -0.481 e. The lowest BCUT2D eigenvalue weighted by Gasteiger charge is -2.24. The predicted molar refractivity (Wildman–Crippen MR) is 37.8 cm³/mol. The second kappa shape index (κ2) is 3.01. The summed E-state index contributed by atoms with van der Waals surface area (Å²) in [5, 5.41) is 11.7. The van der Waals surface area contributed by atoms with E-state index in [1.54, 1.807) is 0 Å². The van der Waals surface area contributed by atoms with E-state index in [-0.39, 0.29) is 5.92 Å². The molecule has 1 aliphatic rings. The first kappa shape index (κ1) is 7.54. The summed E-state index contributed by atoms with van der Waals surface area (Å²) in [4.78, 5) is 10.4. The Bertz CT molecular complexity index is 128. The van der Waals surface area contributed by atoms with Crippen LogP contribution in [0.4, 0.5) is 0 Å². The molecule has 2 unspecified atom stereocenters. The molecule has 0 bridgehead atoms. The summed E-state index contributed by atoms with van der Waals surface area (Å²) in [6.07, 6.45) is 1.81. The van der Waals surface area contributed by atoms with E-state index < -0.39 is 5.97 Å². The second-order valence-corrected chi connectivity index (χ2v) is 2.92. The fourth-order valence-electron chi connectivity index (χ4n) is 1.21. The quantitative estimate of drug-likeness (QED) is 0.560. The molecule has 0 aliphatic carbocycles. The highest BCUT2D eigenvalue weighted by Crippen LogP contribution is 2.13. The molecule has 1 heterocycles. The van der Waals surface area contributed by atoms with Crippen molar-refractivity contribution in [2.75, 3.05) is 6.54 Å². The van der Waals surface area contributed by atoms with Gasteiger partial charge >= 0.3 is 5.97 Å². The Labute approximate surface area is 60.4 Å². The predicted octanol–water partition coefficient (Wildman–Crippen LogP) is 0.459. The average molecular weight is 143 g/mol. The Kier molecular flexibility index (Phi) is 2.27. The molecule has 0 radical (unpaired) electrons. The molecule has 2 atom stereocenters. The van der Waals surface area contributed by atoms with Crippen molar-refractivity contribution in [3.05, 3.63) is 0 Å². The fraction of sp³-hybridized carbons (Fsp3) is 0.857. The van der Waals surface area contributed by atoms with Crippen molar-refractivity contribution < 1.29 is 9.90 Å². The molecular formula is C7H13NO2. The molecule has 0 saturated carbocycles. The second-order valence-electron chi connectivity index (χ2n) is 2.92. The molecule has 0 aromatic heterocycles. The standard InChI is InChI=1S/C7H13NO2/c1-5-2-3-6(4-8-5)7(9)10/h5-6,8H,2-4H2,1H3,(H,9,10). The number of hydrogen-bond acceptors (Lipinski definition) is 2. The first-order chi connectivity index (χ1) is 4.70. The summed E-state index contributed by atoms with van der Waals surface area (Å²) in [7, 11) is 0.